The van der Waals surface area contributed by atoms with Crippen LogP contribution in [0.25, 0.3) is 16.9 Å². The van der Waals surface area contributed by atoms with Crippen molar-refractivity contribution in [2.75, 3.05) is 12.3 Å². The molecule has 174 valence electrons. The third-order valence-corrected chi connectivity index (χ3v) is 7.55. The molecule has 2 bridgehead atoms. The average molecular weight is 570 g/mol. The predicted octanol–water partition coefficient (Wildman–Crippen LogP) is 3.81. The summed E-state index contributed by atoms with van der Waals surface area (Å²) in [5.74, 6) is 0. The normalized spacial score (nSPS) is 23.0. The minimum absolute atomic E-state index is 0.209. The van der Waals surface area contributed by atoms with Gasteiger partial charge in [0, 0.05) is 52.1 Å². The van der Waals surface area contributed by atoms with Gasteiger partial charge in [-0.15, -0.1) is 5.10 Å². The van der Waals surface area contributed by atoms with Crippen molar-refractivity contribution in [1.29, 1.82) is 5.41 Å². The summed E-state index contributed by atoms with van der Waals surface area (Å²) in [5.41, 5.74) is 11.0. The van der Waals surface area contributed by atoms with Crippen LogP contribution in [0.1, 0.15) is 36.1 Å². The largest absolute Gasteiger partial charge is 0.398 e. The quantitative estimate of drug-likeness (QED) is 0.170. The van der Waals surface area contributed by atoms with Gasteiger partial charge >= 0.3 is 0 Å². The standard InChI is InChI=1S/C24H24FIN8/c25-24-11-23(12-24,13-24)14-29-6-15-1-2-22-30-17(8-33(22)7-15)9-34-10-21(31-32-34)18-3-16(26)4-20(28)19(18)5-27/h1-5,7-8,10,27,29H,6,9,11-14,28H2. The Balaban J connectivity index is 1.14. The SMILES string of the molecule is N=Cc1c(N)cc(I)cc1-c1cn(Cc2cn3cc(CNCC45CC(F)(C4)C5)ccc3n2)nn1. The first-order chi connectivity index (χ1) is 16.3. The highest BCUT2D eigenvalue weighted by Crippen LogP contribution is 2.69. The smallest absolute Gasteiger partial charge is 0.137 e. The van der Waals surface area contributed by atoms with E-state index in [0.717, 1.165) is 58.4 Å². The summed E-state index contributed by atoms with van der Waals surface area (Å²) in [6.45, 7) is 2.12. The van der Waals surface area contributed by atoms with Crippen LogP contribution < -0.4 is 11.1 Å². The van der Waals surface area contributed by atoms with E-state index in [0.29, 0.717) is 23.5 Å². The molecule has 4 aromatic rings. The second-order valence-electron chi connectivity index (χ2n) is 9.72. The number of hydrogen-bond acceptors (Lipinski definition) is 6. The molecular formula is C24H24FIN8. The van der Waals surface area contributed by atoms with E-state index in [1.54, 1.807) is 4.68 Å². The maximum absolute atomic E-state index is 13.7. The Kier molecular flexibility index (Phi) is 4.99. The lowest BCUT2D eigenvalue weighted by molar-refractivity contribution is -0.209. The number of anilines is 1. The Hall–Kier alpha value is -2.86. The summed E-state index contributed by atoms with van der Waals surface area (Å²) < 4.78 is 18.4. The molecule has 4 N–H and O–H groups in total. The zero-order chi connectivity index (χ0) is 23.5. The third-order valence-electron chi connectivity index (χ3n) is 6.93. The highest BCUT2D eigenvalue weighted by atomic mass is 127. The summed E-state index contributed by atoms with van der Waals surface area (Å²) in [5, 5.41) is 19.8. The first kappa shape index (κ1) is 21.7. The first-order valence-electron chi connectivity index (χ1n) is 11.2. The van der Waals surface area contributed by atoms with Crippen molar-refractivity contribution in [3.63, 3.8) is 0 Å². The van der Waals surface area contributed by atoms with E-state index in [2.05, 4.69) is 50.5 Å². The minimum Gasteiger partial charge on any atom is -0.398 e. The number of aromatic nitrogens is 5. The van der Waals surface area contributed by atoms with Crippen LogP contribution in [0.3, 0.4) is 0 Å². The number of imidazole rings is 1. The maximum Gasteiger partial charge on any atom is 0.137 e. The molecule has 0 amide bonds. The van der Waals surface area contributed by atoms with Crippen LogP contribution in [0.5, 0.6) is 0 Å². The van der Waals surface area contributed by atoms with Gasteiger partial charge in [0.2, 0.25) is 0 Å². The number of nitrogens with zero attached hydrogens (tertiary/aromatic N) is 5. The Morgan fingerprint density at radius 2 is 2.03 bits per heavy atom. The Bertz CT molecular complexity index is 1400. The van der Waals surface area contributed by atoms with Crippen LogP contribution in [0.2, 0.25) is 0 Å². The summed E-state index contributed by atoms with van der Waals surface area (Å²) in [4.78, 5) is 4.70. The lowest BCUT2D eigenvalue weighted by Gasteiger charge is -2.66. The molecular weight excluding hydrogens is 546 g/mol. The second-order valence-corrected chi connectivity index (χ2v) is 11.0. The molecule has 0 saturated heterocycles. The molecule has 0 aliphatic heterocycles. The zero-order valence-corrected chi connectivity index (χ0v) is 20.6. The Labute approximate surface area is 209 Å². The zero-order valence-electron chi connectivity index (χ0n) is 18.4. The molecule has 3 fully saturated rings. The molecule has 10 heteroatoms. The van der Waals surface area contributed by atoms with E-state index < -0.39 is 5.67 Å². The summed E-state index contributed by atoms with van der Waals surface area (Å²) in [6, 6.07) is 7.88. The van der Waals surface area contributed by atoms with Crippen LogP contribution in [0.15, 0.2) is 42.9 Å². The van der Waals surface area contributed by atoms with Crippen molar-refractivity contribution in [3.05, 3.63) is 63.2 Å². The van der Waals surface area contributed by atoms with Gasteiger partial charge in [0.25, 0.3) is 0 Å². The van der Waals surface area contributed by atoms with Gasteiger partial charge in [-0.05, 0) is 71.0 Å². The fraction of sp³-hybridized carbons (Fsp3) is 0.333. The van der Waals surface area contributed by atoms with Crippen LogP contribution in [-0.4, -0.2) is 42.8 Å². The second kappa shape index (κ2) is 7.84. The molecule has 0 spiro atoms. The number of fused-ring (bicyclic) bond motifs is 1. The van der Waals surface area contributed by atoms with E-state index in [-0.39, 0.29) is 5.41 Å². The molecule has 0 unspecified atom stereocenters. The molecule has 3 aliphatic carbocycles. The third kappa shape index (κ3) is 3.78. The van der Waals surface area contributed by atoms with Crippen LogP contribution >= 0.6 is 22.6 Å². The Morgan fingerprint density at radius 1 is 1.21 bits per heavy atom. The molecule has 3 saturated carbocycles. The number of pyridine rings is 1. The summed E-state index contributed by atoms with van der Waals surface area (Å²) in [6.07, 6.45) is 9.35. The number of alkyl halides is 1. The van der Waals surface area contributed by atoms with Crippen molar-refractivity contribution >= 4 is 40.1 Å². The van der Waals surface area contributed by atoms with Gasteiger partial charge in [0.15, 0.2) is 0 Å². The highest BCUT2D eigenvalue weighted by Gasteiger charge is 2.68. The van der Waals surface area contributed by atoms with Crippen molar-refractivity contribution in [2.45, 2.75) is 38.0 Å². The number of rotatable bonds is 8. The van der Waals surface area contributed by atoms with E-state index in [9.17, 15) is 4.39 Å². The number of halogens is 2. The molecule has 0 radical (unpaired) electrons. The molecule has 3 aromatic heterocycles. The fourth-order valence-electron chi connectivity index (χ4n) is 5.47. The summed E-state index contributed by atoms with van der Waals surface area (Å²) >= 11 is 2.20. The van der Waals surface area contributed by atoms with Gasteiger partial charge in [-0.25, -0.2) is 14.1 Å². The molecule has 3 aliphatic rings. The predicted molar refractivity (Wildman–Crippen MR) is 137 cm³/mol. The number of nitrogens with two attached hydrogens (primary N) is 1. The number of hydrogen-bond donors (Lipinski definition) is 3. The Morgan fingerprint density at radius 3 is 2.79 bits per heavy atom. The fourth-order valence-corrected chi connectivity index (χ4v) is 6.12. The van der Waals surface area contributed by atoms with E-state index in [1.807, 2.05) is 35.0 Å². The summed E-state index contributed by atoms with van der Waals surface area (Å²) in [7, 11) is 0. The van der Waals surface area contributed by atoms with E-state index in [1.165, 1.54) is 6.21 Å². The van der Waals surface area contributed by atoms with Crippen LogP contribution in [0, 0.1) is 14.4 Å². The van der Waals surface area contributed by atoms with Gasteiger partial charge < -0.3 is 20.9 Å². The van der Waals surface area contributed by atoms with E-state index >= 15 is 0 Å². The number of benzene rings is 1. The van der Waals surface area contributed by atoms with Crippen molar-refractivity contribution < 1.29 is 4.39 Å². The average Bonchev–Trinajstić information content (AvgIpc) is 3.37. The lowest BCUT2D eigenvalue weighted by Crippen LogP contribution is -2.67. The minimum atomic E-state index is -0.839. The van der Waals surface area contributed by atoms with Crippen molar-refractivity contribution in [3.8, 4) is 11.3 Å². The van der Waals surface area contributed by atoms with Crippen LogP contribution in [-0.2, 0) is 13.1 Å². The van der Waals surface area contributed by atoms with Gasteiger partial charge in [0.1, 0.15) is 17.0 Å². The molecule has 7 rings (SSSR count). The molecule has 8 nitrogen and oxygen atoms in total. The highest BCUT2D eigenvalue weighted by molar-refractivity contribution is 14.1. The van der Waals surface area contributed by atoms with Crippen molar-refractivity contribution in [2.24, 2.45) is 5.41 Å². The van der Waals surface area contributed by atoms with Crippen LogP contribution in [0.4, 0.5) is 10.1 Å². The molecule has 1 aromatic carbocycles. The molecule has 0 atom stereocenters. The van der Waals surface area contributed by atoms with Gasteiger partial charge in [-0.1, -0.05) is 11.3 Å². The van der Waals surface area contributed by atoms with E-state index in [4.69, 9.17) is 16.1 Å². The van der Waals surface area contributed by atoms with Gasteiger partial charge in [0.05, 0.1) is 18.4 Å². The molecule has 34 heavy (non-hydrogen) atoms. The first-order valence-corrected chi connectivity index (χ1v) is 12.3. The topological polar surface area (TPSA) is 110 Å². The van der Waals surface area contributed by atoms with Gasteiger partial charge in [-0.3, -0.25) is 0 Å². The van der Waals surface area contributed by atoms with Gasteiger partial charge in [-0.2, -0.15) is 0 Å². The monoisotopic (exact) mass is 570 g/mol. The molecule has 3 heterocycles. The lowest BCUT2D eigenvalue weighted by atomic mass is 9.42. The number of nitrogen functional groups attached to an aromatic ring is 1. The maximum atomic E-state index is 13.7. The van der Waals surface area contributed by atoms with Crippen molar-refractivity contribution in [1.82, 2.24) is 29.7 Å². The number of nitrogens with one attached hydrogen (secondary N) is 2.